The number of nitriles is 1. The molecule has 0 amide bonds. The molecule has 0 radical (unpaired) electrons. The van der Waals surface area contributed by atoms with Crippen molar-refractivity contribution in [3.63, 3.8) is 0 Å². The average Bonchev–Trinajstić information content (AvgIpc) is 3.04. The van der Waals surface area contributed by atoms with Crippen LogP contribution in [-0.4, -0.2) is 37.1 Å². The topological polar surface area (TPSA) is 69.9 Å². The fraction of sp³-hybridized carbons (Fsp3) is 0.286. The zero-order chi connectivity index (χ0) is 28.1. The maximum Gasteiger partial charge on any atom is 0.173 e. The number of nitrogens with zero attached hydrogens (tertiary/aromatic N) is 1. The van der Waals surface area contributed by atoms with E-state index in [0.29, 0.717) is 26.4 Å². The first-order chi connectivity index (χ1) is 20.3. The van der Waals surface area contributed by atoms with Crippen molar-refractivity contribution in [1.82, 2.24) is 0 Å². The summed E-state index contributed by atoms with van der Waals surface area (Å²) >= 11 is 0. The second-order valence-corrected chi connectivity index (χ2v) is 10.0. The lowest BCUT2D eigenvalue weighted by Crippen LogP contribution is -2.60. The Labute approximate surface area is 242 Å². The molecule has 4 aromatic carbocycles. The second kappa shape index (κ2) is 15.2. The zero-order valence-electron chi connectivity index (χ0n) is 23.0. The lowest BCUT2D eigenvalue weighted by molar-refractivity contribution is -0.261. The van der Waals surface area contributed by atoms with Crippen LogP contribution < -0.4 is 0 Å². The molecule has 1 aliphatic rings. The number of rotatable bonds is 13. The minimum atomic E-state index is -0.860. The Hall–Kier alpha value is -3.83. The molecular formula is C35H35NO5. The van der Waals surface area contributed by atoms with Crippen LogP contribution in [0.15, 0.2) is 121 Å². The first-order valence-corrected chi connectivity index (χ1v) is 13.9. The maximum absolute atomic E-state index is 10.2. The molecule has 1 fully saturated rings. The summed E-state index contributed by atoms with van der Waals surface area (Å²) in [5.41, 5.74) is 4.11. The van der Waals surface area contributed by atoms with Crippen LogP contribution in [0.25, 0.3) is 0 Å². The summed E-state index contributed by atoms with van der Waals surface area (Å²) < 4.78 is 31.9. The first-order valence-electron chi connectivity index (χ1n) is 13.9. The summed E-state index contributed by atoms with van der Waals surface area (Å²) in [5, 5.41) is 10.2. The van der Waals surface area contributed by atoms with Crippen LogP contribution in [-0.2, 0) is 50.1 Å². The molecule has 1 aliphatic heterocycles. The van der Waals surface area contributed by atoms with Gasteiger partial charge >= 0.3 is 0 Å². The van der Waals surface area contributed by atoms with Gasteiger partial charge in [0.1, 0.15) is 24.4 Å². The van der Waals surface area contributed by atoms with Crippen molar-refractivity contribution >= 4 is 0 Å². The smallest absolute Gasteiger partial charge is 0.173 e. The van der Waals surface area contributed by atoms with Crippen molar-refractivity contribution in [3.05, 3.63) is 144 Å². The van der Waals surface area contributed by atoms with Gasteiger partial charge in [-0.3, -0.25) is 0 Å². The molecule has 0 spiro atoms. The summed E-state index contributed by atoms with van der Waals surface area (Å²) in [6.45, 7) is 1.68. The van der Waals surface area contributed by atoms with Gasteiger partial charge in [0.25, 0.3) is 0 Å². The number of benzene rings is 4. The minimum Gasteiger partial charge on any atom is -0.374 e. The van der Waals surface area contributed by atoms with E-state index < -0.39 is 30.5 Å². The molecule has 5 rings (SSSR count). The van der Waals surface area contributed by atoms with Crippen molar-refractivity contribution in [2.24, 2.45) is 0 Å². The van der Waals surface area contributed by atoms with E-state index in [1.165, 1.54) is 0 Å². The molecule has 41 heavy (non-hydrogen) atoms. The van der Waals surface area contributed by atoms with Crippen LogP contribution >= 0.6 is 0 Å². The third kappa shape index (κ3) is 8.34. The maximum atomic E-state index is 10.2. The van der Waals surface area contributed by atoms with Gasteiger partial charge < -0.3 is 23.7 Å². The number of ether oxygens (including phenoxy) is 5. The first kappa shape index (κ1) is 28.7. The van der Waals surface area contributed by atoms with Gasteiger partial charge in [0, 0.05) is 0 Å². The van der Waals surface area contributed by atoms with Crippen LogP contribution in [0.5, 0.6) is 0 Å². The number of hydrogen-bond acceptors (Lipinski definition) is 6. The van der Waals surface area contributed by atoms with E-state index in [4.69, 9.17) is 23.7 Å². The van der Waals surface area contributed by atoms with Crippen molar-refractivity contribution in [3.8, 4) is 6.07 Å². The minimum absolute atomic E-state index is 0.239. The normalized spacial score (nSPS) is 22.2. The van der Waals surface area contributed by atoms with Crippen LogP contribution in [0.4, 0.5) is 0 Å². The molecule has 0 saturated carbocycles. The van der Waals surface area contributed by atoms with Crippen molar-refractivity contribution < 1.29 is 23.7 Å². The molecule has 0 unspecified atom stereocenters. The molecule has 0 aromatic heterocycles. The molecule has 6 heteroatoms. The Morgan fingerprint density at radius 2 is 0.902 bits per heavy atom. The molecule has 5 atom stereocenters. The van der Waals surface area contributed by atoms with Gasteiger partial charge in [0.15, 0.2) is 6.10 Å². The Morgan fingerprint density at radius 3 is 1.34 bits per heavy atom. The van der Waals surface area contributed by atoms with Gasteiger partial charge in [0.05, 0.1) is 39.1 Å². The summed E-state index contributed by atoms with van der Waals surface area (Å²) in [6, 6.07) is 42.1. The molecule has 1 heterocycles. The van der Waals surface area contributed by atoms with Crippen molar-refractivity contribution in [1.29, 1.82) is 5.26 Å². The van der Waals surface area contributed by atoms with Crippen LogP contribution in [0.3, 0.4) is 0 Å². The molecule has 0 aliphatic carbocycles. The highest BCUT2D eigenvalue weighted by atomic mass is 16.6. The Morgan fingerprint density at radius 1 is 0.512 bits per heavy atom. The van der Waals surface area contributed by atoms with Gasteiger partial charge in [-0.2, -0.15) is 5.26 Å². The number of hydrogen-bond donors (Lipinski definition) is 0. The predicted molar refractivity (Wildman–Crippen MR) is 155 cm³/mol. The zero-order valence-corrected chi connectivity index (χ0v) is 23.0. The second-order valence-electron chi connectivity index (χ2n) is 10.0. The lowest BCUT2D eigenvalue weighted by Gasteiger charge is -2.44. The Kier molecular flexibility index (Phi) is 10.7. The van der Waals surface area contributed by atoms with Gasteiger partial charge in [-0.15, -0.1) is 0 Å². The van der Waals surface area contributed by atoms with Crippen LogP contribution in [0, 0.1) is 11.3 Å². The van der Waals surface area contributed by atoms with E-state index in [0.717, 1.165) is 22.3 Å². The molecule has 1 saturated heterocycles. The highest BCUT2D eigenvalue weighted by molar-refractivity contribution is 5.17. The van der Waals surface area contributed by atoms with Crippen molar-refractivity contribution in [2.45, 2.75) is 56.9 Å². The summed E-state index contributed by atoms with van der Waals surface area (Å²) in [7, 11) is 0. The predicted octanol–water partition coefficient (Wildman–Crippen LogP) is 6.25. The summed E-state index contributed by atoms with van der Waals surface area (Å²) in [6.07, 6.45) is -3.19. The molecule has 4 aromatic rings. The largest absolute Gasteiger partial charge is 0.374 e. The lowest BCUT2D eigenvalue weighted by atomic mass is 9.94. The molecular weight excluding hydrogens is 514 g/mol. The van der Waals surface area contributed by atoms with E-state index in [2.05, 4.69) is 6.07 Å². The van der Waals surface area contributed by atoms with Crippen molar-refractivity contribution in [2.75, 3.05) is 6.61 Å². The molecule has 0 bridgehead atoms. The third-order valence-electron chi connectivity index (χ3n) is 7.01. The average molecular weight is 550 g/mol. The third-order valence-corrected chi connectivity index (χ3v) is 7.01. The summed E-state index contributed by atoms with van der Waals surface area (Å²) in [4.78, 5) is 0. The van der Waals surface area contributed by atoms with Crippen LogP contribution in [0.2, 0.25) is 0 Å². The van der Waals surface area contributed by atoms with Gasteiger partial charge in [-0.05, 0) is 22.3 Å². The highest BCUT2D eigenvalue weighted by Crippen LogP contribution is 2.31. The Balaban J connectivity index is 1.39. The van der Waals surface area contributed by atoms with Crippen LogP contribution in [0.1, 0.15) is 22.3 Å². The quantitative estimate of drug-likeness (QED) is 0.196. The SMILES string of the molecule is N#C[C@H]1O[C@H](COCc2ccccc2)[C@@H](OCc2ccccc2)[C@H](OCc2ccccc2)[C@@H]1OCc1ccccc1. The fourth-order valence-electron chi connectivity index (χ4n) is 4.89. The molecule has 210 valence electrons. The standard InChI is InChI=1S/C35H35NO5/c36-21-31-33(38-23-28-15-7-2-8-16-28)35(40-25-30-19-11-4-12-20-30)34(39-24-29-17-9-3-10-18-29)32(41-31)26-37-22-27-13-5-1-6-14-27/h1-20,31-35H,22-26H2/t31-,32-,33-,34-,35-/m1/s1. The molecule has 0 N–H and O–H groups in total. The van der Waals surface area contributed by atoms with E-state index in [1.807, 2.05) is 121 Å². The van der Waals surface area contributed by atoms with Gasteiger partial charge in [0.2, 0.25) is 0 Å². The van der Waals surface area contributed by atoms with E-state index in [1.54, 1.807) is 0 Å². The Bertz CT molecular complexity index is 1330. The molecule has 6 nitrogen and oxygen atoms in total. The van der Waals surface area contributed by atoms with E-state index >= 15 is 0 Å². The summed E-state index contributed by atoms with van der Waals surface area (Å²) in [5.74, 6) is 0. The van der Waals surface area contributed by atoms with E-state index in [9.17, 15) is 5.26 Å². The fourth-order valence-corrected chi connectivity index (χ4v) is 4.89. The van der Waals surface area contributed by atoms with Gasteiger partial charge in [-0.25, -0.2) is 0 Å². The van der Waals surface area contributed by atoms with E-state index in [-0.39, 0.29) is 6.61 Å². The van der Waals surface area contributed by atoms with Gasteiger partial charge in [-0.1, -0.05) is 121 Å². The monoisotopic (exact) mass is 549 g/mol. The highest BCUT2D eigenvalue weighted by Gasteiger charge is 2.48.